The van der Waals surface area contributed by atoms with Crippen LogP contribution in [0.25, 0.3) is 11.1 Å². The summed E-state index contributed by atoms with van der Waals surface area (Å²) in [5, 5.41) is 4.76. The molecule has 0 bridgehead atoms. The lowest BCUT2D eigenvalue weighted by molar-refractivity contribution is -0.128. The number of carbonyl (C=O) groups excluding carboxylic acids is 2. The van der Waals surface area contributed by atoms with Gasteiger partial charge in [-0.25, -0.2) is 4.68 Å². The number of para-hydroxylation sites is 1. The van der Waals surface area contributed by atoms with Crippen molar-refractivity contribution in [2.24, 2.45) is 5.73 Å². The molecule has 0 spiro atoms. The van der Waals surface area contributed by atoms with Gasteiger partial charge in [0.2, 0.25) is 18.6 Å². The van der Waals surface area contributed by atoms with Gasteiger partial charge in [-0.05, 0) is 42.7 Å². The highest BCUT2D eigenvalue weighted by Gasteiger charge is 2.37. The van der Waals surface area contributed by atoms with E-state index in [-0.39, 0.29) is 6.79 Å². The molecule has 0 radical (unpaired) electrons. The number of nitrogens with zero attached hydrogens (tertiary/aromatic N) is 3. The number of aromatic nitrogens is 2. The van der Waals surface area contributed by atoms with Crippen LogP contribution in [0, 0.1) is 6.92 Å². The molecule has 1 atom stereocenters. The molecule has 2 N–H and O–H groups in total. The summed E-state index contributed by atoms with van der Waals surface area (Å²) >= 11 is 0. The fraction of sp³-hybridized carbons (Fsp3) is 0.233. The number of carbonyl (C=O) groups is 2. The fourth-order valence-corrected chi connectivity index (χ4v) is 5.23. The quantitative estimate of drug-likeness (QED) is 0.364. The molecule has 3 aromatic carbocycles. The Bertz CT molecular complexity index is 1550. The van der Waals surface area contributed by atoms with Crippen LogP contribution >= 0.6 is 0 Å². The molecule has 1 aromatic heterocycles. The van der Waals surface area contributed by atoms with E-state index in [0.717, 1.165) is 22.4 Å². The zero-order chi connectivity index (χ0) is 26.9. The van der Waals surface area contributed by atoms with Crippen LogP contribution in [0.1, 0.15) is 29.2 Å². The molecule has 4 aromatic rings. The van der Waals surface area contributed by atoms with Crippen molar-refractivity contribution >= 4 is 17.6 Å². The maximum absolute atomic E-state index is 14.1. The van der Waals surface area contributed by atoms with E-state index in [1.165, 1.54) is 0 Å². The number of anilines is 1. The van der Waals surface area contributed by atoms with Crippen molar-refractivity contribution in [1.82, 2.24) is 9.78 Å². The zero-order valence-electron chi connectivity index (χ0n) is 21.5. The zero-order valence-corrected chi connectivity index (χ0v) is 21.5. The van der Waals surface area contributed by atoms with Crippen LogP contribution in [0.15, 0.2) is 72.8 Å². The van der Waals surface area contributed by atoms with E-state index in [1.807, 2.05) is 66.2 Å². The second-order valence-electron chi connectivity index (χ2n) is 9.57. The predicted octanol–water partition coefficient (Wildman–Crippen LogP) is 4.17. The number of hydrogen-bond acceptors (Lipinski definition) is 6. The minimum atomic E-state index is -1.20. The van der Waals surface area contributed by atoms with Crippen molar-refractivity contribution in [2.45, 2.75) is 32.4 Å². The molecule has 0 saturated carbocycles. The van der Waals surface area contributed by atoms with Crippen LogP contribution in [0.4, 0.5) is 5.82 Å². The van der Waals surface area contributed by atoms with E-state index in [9.17, 15) is 9.59 Å². The second kappa shape index (κ2) is 10.2. The number of benzene rings is 3. The molecule has 2 aliphatic heterocycles. The molecule has 1 unspecified atom stereocenters. The Labute approximate surface area is 225 Å². The summed E-state index contributed by atoms with van der Waals surface area (Å²) < 4.78 is 18.9. The van der Waals surface area contributed by atoms with E-state index in [0.29, 0.717) is 54.7 Å². The SMILES string of the molecule is Cc1nn2c(c1-c1ccccc1OCc1ccccc1)N(C(=O)C(C(N)=O)c1ccc3c(c1)OCO3)CCC2. The van der Waals surface area contributed by atoms with Crippen molar-refractivity contribution in [3.05, 3.63) is 89.6 Å². The average Bonchev–Trinajstić information content (AvgIpc) is 3.55. The molecule has 0 aliphatic carbocycles. The van der Waals surface area contributed by atoms with Gasteiger partial charge >= 0.3 is 0 Å². The number of fused-ring (bicyclic) bond motifs is 2. The molecular formula is C30H28N4O5. The first-order valence-electron chi connectivity index (χ1n) is 12.8. The number of ether oxygens (including phenoxy) is 3. The van der Waals surface area contributed by atoms with E-state index >= 15 is 0 Å². The van der Waals surface area contributed by atoms with Crippen molar-refractivity contribution < 1.29 is 23.8 Å². The first kappa shape index (κ1) is 24.5. The fourth-order valence-electron chi connectivity index (χ4n) is 5.23. The van der Waals surface area contributed by atoms with Crippen LogP contribution in [0.5, 0.6) is 17.2 Å². The molecule has 9 heteroatoms. The van der Waals surface area contributed by atoms with Gasteiger partial charge in [0.15, 0.2) is 11.5 Å². The summed E-state index contributed by atoms with van der Waals surface area (Å²) in [5.74, 6) is 0.0175. The molecule has 198 valence electrons. The Morgan fingerprint density at radius 1 is 1.00 bits per heavy atom. The van der Waals surface area contributed by atoms with Crippen molar-refractivity contribution in [3.8, 4) is 28.4 Å². The van der Waals surface area contributed by atoms with Gasteiger partial charge in [-0.2, -0.15) is 5.10 Å². The van der Waals surface area contributed by atoms with Gasteiger partial charge in [0.25, 0.3) is 0 Å². The van der Waals surface area contributed by atoms with Gasteiger partial charge in [-0.15, -0.1) is 0 Å². The van der Waals surface area contributed by atoms with E-state index < -0.39 is 17.7 Å². The Kier molecular flexibility index (Phi) is 6.40. The van der Waals surface area contributed by atoms with Crippen LogP contribution in [0.2, 0.25) is 0 Å². The molecule has 6 rings (SSSR count). The topological polar surface area (TPSA) is 109 Å². The molecule has 2 aliphatic rings. The number of amides is 2. The monoisotopic (exact) mass is 524 g/mol. The first-order valence-corrected chi connectivity index (χ1v) is 12.8. The highest BCUT2D eigenvalue weighted by atomic mass is 16.7. The number of rotatable bonds is 7. The molecular weight excluding hydrogens is 496 g/mol. The number of nitrogens with two attached hydrogens (primary N) is 1. The van der Waals surface area contributed by atoms with Gasteiger partial charge < -0.3 is 19.9 Å². The second-order valence-corrected chi connectivity index (χ2v) is 9.57. The lowest BCUT2D eigenvalue weighted by Gasteiger charge is -2.31. The Morgan fingerprint density at radius 3 is 2.59 bits per heavy atom. The highest BCUT2D eigenvalue weighted by molar-refractivity contribution is 6.13. The first-order chi connectivity index (χ1) is 19.0. The Balaban J connectivity index is 1.38. The third kappa shape index (κ3) is 4.56. The van der Waals surface area contributed by atoms with Gasteiger partial charge in [0.05, 0.1) is 11.3 Å². The van der Waals surface area contributed by atoms with Crippen LogP contribution in [0.3, 0.4) is 0 Å². The van der Waals surface area contributed by atoms with Crippen molar-refractivity contribution in [2.75, 3.05) is 18.2 Å². The van der Waals surface area contributed by atoms with Crippen LogP contribution in [-0.4, -0.2) is 34.9 Å². The van der Waals surface area contributed by atoms with Crippen molar-refractivity contribution in [3.63, 3.8) is 0 Å². The van der Waals surface area contributed by atoms with E-state index in [2.05, 4.69) is 0 Å². The van der Waals surface area contributed by atoms with E-state index in [1.54, 1.807) is 23.1 Å². The number of aryl methyl sites for hydroxylation is 2. The summed E-state index contributed by atoms with van der Waals surface area (Å²) in [4.78, 5) is 28.4. The molecule has 3 heterocycles. The van der Waals surface area contributed by atoms with Crippen LogP contribution in [-0.2, 0) is 22.7 Å². The third-order valence-corrected chi connectivity index (χ3v) is 7.03. The molecule has 39 heavy (non-hydrogen) atoms. The Morgan fingerprint density at radius 2 is 1.77 bits per heavy atom. The normalized spacial score (nSPS) is 14.5. The summed E-state index contributed by atoms with van der Waals surface area (Å²) in [5.41, 5.74) is 9.70. The lowest BCUT2D eigenvalue weighted by Crippen LogP contribution is -2.44. The predicted molar refractivity (Wildman–Crippen MR) is 145 cm³/mol. The number of hydrogen-bond donors (Lipinski definition) is 1. The average molecular weight is 525 g/mol. The standard InChI is InChI=1S/C30H28N4O5/c1-19-26(22-10-5-6-11-23(22)37-17-20-8-3-2-4-9-20)29-33(14-7-15-34(29)32-19)30(36)27(28(31)35)21-12-13-24-25(16-21)39-18-38-24/h2-6,8-13,16,27H,7,14-15,17-18H2,1H3,(H2,31,35). The Hall–Kier alpha value is -4.79. The van der Waals surface area contributed by atoms with Gasteiger partial charge in [-0.3, -0.25) is 14.5 Å². The van der Waals surface area contributed by atoms with E-state index in [4.69, 9.17) is 25.0 Å². The highest BCUT2D eigenvalue weighted by Crippen LogP contribution is 2.42. The molecule has 2 amide bonds. The lowest BCUT2D eigenvalue weighted by atomic mass is 9.95. The van der Waals surface area contributed by atoms with Gasteiger partial charge in [0.1, 0.15) is 24.1 Å². The maximum Gasteiger partial charge on any atom is 0.245 e. The van der Waals surface area contributed by atoms with Gasteiger partial charge in [-0.1, -0.05) is 54.6 Å². The molecule has 0 saturated heterocycles. The molecule has 0 fully saturated rings. The summed E-state index contributed by atoms with van der Waals surface area (Å²) in [6, 6.07) is 22.7. The number of primary amides is 1. The smallest absolute Gasteiger partial charge is 0.245 e. The van der Waals surface area contributed by atoms with Gasteiger partial charge in [0, 0.05) is 18.7 Å². The largest absolute Gasteiger partial charge is 0.488 e. The third-order valence-electron chi connectivity index (χ3n) is 7.03. The minimum Gasteiger partial charge on any atom is -0.488 e. The van der Waals surface area contributed by atoms with Crippen LogP contribution < -0.4 is 24.8 Å². The van der Waals surface area contributed by atoms with Crippen molar-refractivity contribution in [1.29, 1.82) is 0 Å². The summed E-state index contributed by atoms with van der Waals surface area (Å²) in [7, 11) is 0. The summed E-state index contributed by atoms with van der Waals surface area (Å²) in [6.07, 6.45) is 0.693. The maximum atomic E-state index is 14.1. The summed E-state index contributed by atoms with van der Waals surface area (Å²) in [6.45, 7) is 3.49. The minimum absolute atomic E-state index is 0.0909. The molecule has 9 nitrogen and oxygen atoms in total.